The first-order valence-electron chi connectivity index (χ1n) is 6.91. The highest BCUT2D eigenvalue weighted by atomic mass is 79.9. The molecule has 0 aliphatic rings. The van der Waals surface area contributed by atoms with Crippen molar-refractivity contribution in [2.24, 2.45) is 5.73 Å². The molecule has 1 aromatic rings. The Morgan fingerprint density at radius 1 is 1.48 bits per heavy atom. The van der Waals surface area contributed by atoms with Gasteiger partial charge in [-0.1, -0.05) is 22.0 Å². The summed E-state index contributed by atoms with van der Waals surface area (Å²) in [6, 6.07) is 5.84. The van der Waals surface area contributed by atoms with Crippen molar-refractivity contribution in [3.05, 3.63) is 29.3 Å². The number of aliphatic carboxylic acids is 1. The Balaban J connectivity index is 2.89. The number of aryl methyl sites for hydroxylation is 1. The maximum absolute atomic E-state index is 10.7. The van der Waals surface area contributed by atoms with Crippen molar-refractivity contribution in [2.45, 2.75) is 25.8 Å². The van der Waals surface area contributed by atoms with Crippen LogP contribution in [-0.4, -0.2) is 41.4 Å². The molecule has 0 fully saturated rings. The van der Waals surface area contributed by atoms with Crippen LogP contribution in [0, 0.1) is 6.92 Å². The van der Waals surface area contributed by atoms with Gasteiger partial charge in [-0.3, -0.25) is 4.79 Å². The summed E-state index contributed by atoms with van der Waals surface area (Å²) in [5, 5.41) is 9.67. The third-order valence-corrected chi connectivity index (χ3v) is 3.85. The van der Waals surface area contributed by atoms with Crippen LogP contribution in [0.4, 0.5) is 5.69 Å². The molecule has 6 heteroatoms. The molecule has 0 aromatic heterocycles. The van der Waals surface area contributed by atoms with Crippen molar-refractivity contribution >= 4 is 39.2 Å². The van der Waals surface area contributed by atoms with Gasteiger partial charge in [-0.25, -0.2) is 0 Å². The molecule has 118 valence electrons. The first-order valence-corrected chi connectivity index (χ1v) is 8.57. The van der Waals surface area contributed by atoms with Crippen LogP contribution in [0.25, 0.3) is 0 Å². The second kappa shape index (κ2) is 9.28. The van der Waals surface area contributed by atoms with Crippen LogP contribution in [0.5, 0.6) is 0 Å². The lowest BCUT2D eigenvalue weighted by molar-refractivity contribution is -0.137. The van der Waals surface area contributed by atoms with Crippen LogP contribution in [0.15, 0.2) is 18.2 Å². The molecule has 0 radical (unpaired) electrons. The van der Waals surface area contributed by atoms with Gasteiger partial charge < -0.3 is 15.7 Å². The Morgan fingerprint density at radius 3 is 2.76 bits per heavy atom. The summed E-state index contributed by atoms with van der Waals surface area (Å²) >= 11 is 9.30. The molecule has 1 rings (SSSR count). The highest BCUT2D eigenvalue weighted by Crippen LogP contribution is 2.21. The summed E-state index contributed by atoms with van der Waals surface area (Å²) in [5.74, 6) is -0.297. The molecule has 1 atom stereocenters. The van der Waals surface area contributed by atoms with Gasteiger partial charge in [0.25, 0.3) is 0 Å². The van der Waals surface area contributed by atoms with Gasteiger partial charge in [0.1, 0.15) is 0 Å². The Morgan fingerprint density at radius 2 is 2.19 bits per heavy atom. The number of nitrogens with two attached hydrogens (primary N) is 1. The molecular weight excluding hydrogens is 356 g/mol. The molecule has 0 bridgehead atoms. The molecule has 0 amide bonds. The van der Waals surface area contributed by atoms with Crippen molar-refractivity contribution in [1.29, 1.82) is 0 Å². The third-order valence-electron chi connectivity index (χ3n) is 3.33. The molecule has 1 unspecified atom stereocenters. The lowest BCUT2D eigenvalue weighted by Crippen LogP contribution is -2.28. The third kappa shape index (κ3) is 6.24. The molecular formula is C15H22BrClN2O2. The summed E-state index contributed by atoms with van der Waals surface area (Å²) in [6.07, 6.45) is 0.547. The Kier molecular flexibility index (Phi) is 8.07. The number of alkyl halides is 2. The van der Waals surface area contributed by atoms with Gasteiger partial charge in [-0.15, -0.1) is 11.6 Å². The van der Waals surface area contributed by atoms with Crippen LogP contribution in [0.3, 0.4) is 0 Å². The van der Waals surface area contributed by atoms with Gasteiger partial charge in [0, 0.05) is 36.0 Å². The van der Waals surface area contributed by atoms with Crippen LogP contribution in [0.1, 0.15) is 17.5 Å². The number of carboxylic acids is 1. The summed E-state index contributed by atoms with van der Waals surface area (Å²) < 4.78 is 0. The number of hydrogen-bond donors (Lipinski definition) is 2. The van der Waals surface area contributed by atoms with Crippen molar-refractivity contribution < 1.29 is 9.90 Å². The number of nitrogens with zero attached hydrogens (tertiary/aromatic N) is 1. The topological polar surface area (TPSA) is 66.6 Å². The average molecular weight is 378 g/mol. The lowest BCUT2D eigenvalue weighted by Gasteiger charge is -2.24. The van der Waals surface area contributed by atoms with E-state index in [0.29, 0.717) is 12.3 Å². The zero-order chi connectivity index (χ0) is 15.8. The number of benzene rings is 1. The molecule has 0 saturated heterocycles. The highest BCUT2D eigenvalue weighted by Gasteiger charge is 2.13. The first-order chi connectivity index (χ1) is 9.97. The second-order valence-electron chi connectivity index (χ2n) is 5.04. The molecule has 3 N–H and O–H groups in total. The van der Waals surface area contributed by atoms with Gasteiger partial charge in [-0.2, -0.15) is 0 Å². The zero-order valence-corrected chi connectivity index (χ0v) is 14.5. The minimum Gasteiger partial charge on any atom is -0.481 e. The molecule has 1 aromatic carbocycles. The van der Waals surface area contributed by atoms with E-state index in [9.17, 15) is 4.79 Å². The van der Waals surface area contributed by atoms with Crippen molar-refractivity contribution in [3.63, 3.8) is 0 Å². The molecule has 0 aliphatic heterocycles. The Hall–Kier alpha value is -0.780. The largest absolute Gasteiger partial charge is 0.481 e. The number of rotatable bonds is 9. The molecule has 0 aliphatic carbocycles. The quantitative estimate of drug-likeness (QED) is 0.649. The Bertz CT molecular complexity index is 465. The van der Waals surface area contributed by atoms with E-state index < -0.39 is 5.97 Å². The maximum atomic E-state index is 10.7. The monoisotopic (exact) mass is 376 g/mol. The van der Waals surface area contributed by atoms with Crippen molar-refractivity contribution in [1.82, 2.24) is 0 Å². The summed E-state index contributed by atoms with van der Waals surface area (Å²) in [7, 11) is 0. The van der Waals surface area contributed by atoms with E-state index >= 15 is 0 Å². The predicted octanol–water partition coefficient (Wildman–Crippen LogP) is 2.78. The minimum atomic E-state index is -0.862. The van der Waals surface area contributed by atoms with Gasteiger partial charge in [0.05, 0.1) is 6.42 Å². The minimum absolute atomic E-state index is 0.0174. The van der Waals surface area contributed by atoms with Gasteiger partial charge in [0.15, 0.2) is 0 Å². The fourth-order valence-corrected chi connectivity index (χ4v) is 2.86. The van der Waals surface area contributed by atoms with Crippen molar-refractivity contribution in [3.8, 4) is 0 Å². The summed E-state index contributed by atoms with van der Waals surface area (Å²) in [5.41, 5.74) is 9.21. The number of carbonyl (C=O) groups is 1. The fourth-order valence-electron chi connectivity index (χ4n) is 2.23. The predicted molar refractivity (Wildman–Crippen MR) is 91.8 cm³/mol. The first kappa shape index (κ1) is 18.3. The van der Waals surface area contributed by atoms with Crippen LogP contribution in [0.2, 0.25) is 0 Å². The lowest BCUT2D eigenvalue weighted by atomic mass is 9.99. The smallest absolute Gasteiger partial charge is 0.304 e. The van der Waals surface area contributed by atoms with Gasteiger partial charge >= 0.3 is 5.97 Å². The van der Waals surface area contributed by atoms with Crippen LogP contribution < -0.4 is 10.6 Å². The van der Waals surface area contributed by atoms with E-state index in [0.717, 1.165) is 35.2 Å². The average Bonchev–Trinajstić information content (AvgIpc) is 2.40. The van der Waals surface area contributed by atoms with E-state index in [4.69, 9.17) is 22.4 Å². The van der Waals surface area contributed by atoms with Crippen LogP contribution in [-0.2, 0) is 11.2 Å². The van der Waals surface area contributed by atoms with E-state index in [-0.39, 0.29) is 12.5 Å². The number of anilines is 1. The number of carboxylic acid groups (broad SMARTS) is 1. The number of halogens is 2. The molecule has 0 saturated carbocycles. The summed E-state index contributed by atoms with van der Waals surface area (Å²) in [4.78, 5) is 12.9. The molecule has 0 heterocycles. The van der Waals surface area contributed by atoms with E-state index in [1.165, 1.54) is 0 Å². The molecule has 4 nitrogen and oxygen atoms in total. The normalized spacial score (nSPS) is 12.2. The van der Waals surface area contributed by atoms with Crippen molar-refractivity contribution in [2.75, 3.05) is 29.2 Å². The van der Waals surface area contributed by atoms with Gasteiger partial charge in [0.2, 0.25) is 0 Å². The van der Waals surface area contributed by atoms with E-state index in [1.54, 1.807) is 0 Å². The van der Waals surface area contributed by atoms with E-state index in [1.807, 2.05) is 13.0 Å². The van der Waals surface area contributed by atoms with E-state index in [2.05, 4.69) is 33.0 Å². The summed E-state index contributed by atoms with van der Waals surface area (Å²) in [6.45, 7) is 3.66. The van der Waals surface area contributed by atoms with Gasteiger partial charge in [-0.05, 0) is 36.6 Å². The number of hydrogen-bond acceptors (Lipinski definition) is 3. The Labute approximate surface area is 139 Å². The standard InChI is InChI=1S/C15H22BrClN2O2/c1-11-2-3-14(19(6-4-16)7-5-17)9-12(11)8-13(18)10-15(20)21/h2-3,9,13H,4-8,10,18H2,1H3,(H,20,21). The molecule has 0 spiro atoms. The zero-order valence-electron chi connectivity index (χ0n) is 12.2. The maximum Gasteiger partial charge on any atom is 0.304 e. The SMILES string of the molecule is Cc1ccc(N(CCCl)CCBr)cc1CC(N)CC(=O)O. The second-order valence-corrected chi connectivity index (χ2v) is 6.21. The van der Waals surface area contributed by atoms with Crippen LogP contribution >= 0.6 is 27.5 Å². The highest BCUT2D eigenvalue weighted by molar-refractivity contribution is 9.09. The molecule has 21 heavy (non-hydrogen) atoms. The fraction of sp³-hybridized carbons (Fsp3) is 0.533.